The van der Waals surface area contributed by atoms with Crippen LogP contribution in [0.5, 0.6) is 0 Å². The number of hydrogen-bond acceptors (Lipinski definition) is 4. The summed E-state index contributed by atoms with van der Waals surface area (Å²) in [6, 6.07) is 20.9. The first-order valence-electron chi connectivity index (χ1n) is 9.96. The molecule has 1 aliphatic heterocycles. The van der Waals surface area contributed by atoms with Crippen molar-refractivity contribution < 1.29 is 4.79 Å². The van der Waals surface area contributed by atoms with E-state index in [1.54, 1.807) is 4.68 Å². The highest BCUT2D eigenvalue weighted by molar-refractivity contribution is 5.82. The zero-order valence-electron chi connectivity index (χ0n) is 15.9. The molecule has 0 aliphatic carbocycles. The fourth-order valence-corrected chi connectivity index (χ4v) is 3.97. The van der Waals surface area contributed by atoms with Gasteiger partial charge in [0.25, 0.3) is 0 Å². The summed E-state index contributed by atoms with van der Waals surface area (Å²) in [6.07, 6.45) is 3.65. The van der Waals surface area contributed by atoms with Crippen LogP contribution in [0.2, 0.25) is 0 Å². The quantitative estimate of drug-likeness (QED) is 0.718. The van der Waals surface area contributed by atoms with Crippen LogP contribution >= 0.6 is 0 Å². The van der Waals surface area contributed by atoms with Crippen LogP contribution in [-0.2, 0) is 11.3 Å². The lowest BCUT2D eigenvalue weighted by Crippen LogP contribution is -2.32. The Morgan fingerprint density at radius 3 is 2.39 bits per heavy atom. The van der Waals surface area contributed by atoms with E-state index >= 15 is 0 Å². The first kappa shape index (κ1) is 18.3. The van der Waals surface area contributed by atoms with E-state index < -0.39 is 0 Å². The van der Waals surface area contributed by atoms with Crippen LogP contribution in [0.3, 0.4) is 0 Å². The molecule has 144 valence electrons. The SMILES string of the molecule is O=C(NCCC(c1ccccc1)c1ccccc1)[C@H]1CCCCn2nnnc21. The zero-order chi connectivity index (χ0) is 19.2. The molecule has 0 bridgehead atoms. The predicted octanol–water partition coefficient (Wildman–Crippen LogP) is 3.28. The van der Waals surface area contributed by atoms with Gasteiger partial charge in [-0.2, -0.15) is 0 Å². The van der Waals surface area contributed by atoms with Gasteiger partial charge in [0.05, 0.1) is 5.92 Å². The second-order valence-electron chi connectivity index (χ2n) is 7.26. The topological polar surface area (TPSA) is 72.7 Å². The Morgan fingerprint density at radius 1 is 1.04 bits per heavy atom. The highest BCUT2D eigenvalue weighted by Crippen LogP contribution is 2.28. The normalized spacial score (nSPS) is 16.4. The molecule has 1 atom stereocenters. The van der Waals surface area contributed by atoms with Gasteiger partial charge < -0.3 is 5.32 Å². The van der Waals surface area contributed by atoms with Crippen LogP contribution in [-0.4, -0.2) is 32.7 Å². The number of nitrogens with one attached hydrogen (secondary N) is 1. The van der Waals surface area contributed by atoms with E-state index in [2.05, 4.69) is 69.4 Å². The maximum absolute atomic E-state index is 12.8. The van der Waals surface area contributed by atoms with Crippen LogP contribution in [0.4, 0.5) is 0 Å². The second-order valence-corrected chi connectivity index (χ2v) is 7.26. The van der Waals surface area contributed by atoms with Crippen LogP contribution in [0.25, 0.3) is 0 Å². The molecule has 2 heterocycles. The van der Waals surface area contributed by atoms with Crippen molar-refractivity contribution in [3.8, 4) is 0 Å². The third-order valence-corrected chi connectivity index (χ3v) is 5.44. The van der Waals surface area contributed by atoms with E-state index in [-0.39, 0.29) is 17.7 Å². The Morgan fingerprint density at radius 2 is 1.71 bits per heavy atom. The third kappa shape index (κ3) is 4.11. The molecule has 0 saturated heterocycles. The number of nitrogens with zero attached hydrogens (tertiary/aromatic N) is 4. The van der Waals surface area contributed by atoms with Crippen molar-refractivity contribution in [3.63, 3.8) is 0 Å². The standard InChI is InChI=1S/C22H25N5O/c28-22(20-13-7-8-16-27-21(20)24-25-26-27)23-15-14-19(17-9-3-1-4-10-17)18-11-5-2-6-12-18/h1-6,9-12,19-20H,7-8,13-16H2,(H,23,28)/t20-/m0/s1. The van der Waals surface area contributed by atoms with Gasteiger partial charge in [-0.05, 0) is 40.8 Å². The van der Waals surface area contributed by atoms with Gasteiger partial charge in [0.2, 0.25) is 5.91 Å². The van der Waals surface area contributed by atoms with Crippen molar-refractivity contribution in [3.05, 3.63) is 77.6 Å². The number of tetrazole rings is 1. The van der Waals surface area contributed by atoms with Gasteiger partial charge in [-0.15, -0.1) is 5.10 Å². The summed E-state index contributed by atoms with van der Waals surface area (Å²) in [5.41, 5.74) is 2.53. The van der Waals surface area contributed by atoms with Gasteiger partial charge in [-0.3, -0.25) is 4.79 Å². The monoisotopic (exact) mass is 375 g/mol. The minimum absolute atomic E-state index is 0.0258. The Hall–Kier alpha value is -3.02. The number of aromatic nitrogens is 4. The number of amides is 1. The molecule has 6 nitrogen and oxygen atoms in total. The molecule has 4 rings (SSSR count). The second kappa shape index (κ2) is 8.78. The number of benzene rings is 2. The Balaban J connectivity index is 1.43. The molecule has 0 fully saturated rings. The van der Waals surface area contributed by atoms with E-state index in [1.165, 1.54) is 11.1 Å². The van der Waals surface area contributed by atoms with Crippen molar-refractivity contribution in [2.24, 2.45) is 0 Å². The van der Waals surface area contributed by atoms with Crippen molar-refractivity contribution in [1.82, 2.24) is 25.5 Å². The molecular formula is C22H25N5O. The summed E-state index contributed by atoms with van der Waals surface area (Å²) < 4.78 is 1.77. The Labute approximate surface area is 165 Å². The average Bonchev–Trinajstić information content (AvgIpc) is 3.11. The highest BCUT2D eigenvalue weighted by Gasteiger charge is 2.28. The number of aryl methyl sites for hydroxylation is 1. The third-order valence-electron chi connectivity index (χ3n) is 5.44. The van der Waals surface area contributed by atoms with Gasteiger partial charge >= 0.3 is 0 Å². The first-order valence-corrected chi connectivity index (χ1v) is 9.96. The molecule has 1 amide bonds. The van der Waals surface area contributed by atoms with Crippen molar-refractivity contribution >= 4 is 5.91 Å². The molecule has 0 unspecified atom stereocenters. The lowest BCUT2D eigenvalue weighted by Gasteiger charge is -2.19. The number of fused-ring (bicyclic) bond motifs is 1. The van der Waals surface area contributed by atoms with Crippen LogP contribution in [0.15, 0.2) is 60.7 Å². The molecule has 1 aromatic heterocycles. The fourth-order valence-electron chi connectivity index (χ4n) is 3.97. The van der Waals surface area contributed by atoms with Crippen molar-refractivity contribution in [2.75, 3.05) is 6.54 Å². The summed E-state index contributed by atoms with van der Waals surface area (Å²) in [7, 11) is 0. The average molecular weight is 375 g/mol. The minimum atomic E-state index is -0.260. The van der Waals surface area contributed by atoms with Crippen molar-refractivity contribution in [2.45, 2.75) is 44.1 Å². The highest BCUT2D eigenvalue weighted by atomic mass is 16.1. The largest absolute Gasteiger partial charge is 0.355 e. The molecule has 0 saturated carbocycles. The fraction of sp³-hybridized carbons (Fsp3) is 0.364. The van der Waals surface area contributed by atoms with Gasteiger partial charge in [0, 0.05) is 19.0 Å². The van der Waals surface area contributed by atoms with Crippen LogP contribution in [0.1, 0.15) is 54.5 Å². The molecule has 0 spiro atoms. The summed E-state index contributed by atoms with van der Waals surface area (Å²) in [6.45, 7) is 1.40. The maximum Gasteiger partial charge on any atom is 0.230 e. The molecule has 2 aromatic carbocycles. The lowest BCUT2D eigenvalue weighted by atomic mass is 9.88. The summed E-state index contributed by atoms with van der Waals surface area (Å²) >= 11 is 0. The van der Waals surface area contributed by atoms with Gasteiger partial charge in [0.15, 0.2) is 5.82 Å². The van der Waals surface area contributed by atoms with Gasteiger partial charge in [-0.25, -0.2) is 4.68 Å². The van der Waals surface area contributed by atoms with Gasteiger partial charge in [0.1, 0.15) is 0 Å². The van der Waals surface area contributed by atoms with E-state index in [4.69, 9.17) is 0 Å². The first-order chi connectivity index (χ1) is 13.8. The maximum atomic E-state index is 12.8. The van der Waals surface area contributed by atoms with E-state index in [0.717, 1.165) is 32.2 Å². The Kier molecular flexibility index (Phi) is 5.75. The molecule has 0 radical (unpaired) electrons. The van der Waals surface area contributed by atoms with E-state index in [9.17, 15) is 4.79 Å². The molecule has 28 heavy (non-hydrogen) atoms. The van der Waals surface area contributed by atoms with Crippen LogP contribution < -0.4 is 5.32 Å². The number of rotatable bonds is 6. The number of carbonyl (C=O) groups excluding carboxylic acids is 1. The number of hydrogen-bond donors (Lipinski definition) is 1. The molecule has 6 heteroatoms. The summed E-state index contributed by atoms with van der Waals surface area (Å²) in [4.78, 5) is 12.8. The Bertz CT molecular complexity index is 854. The lowest BCUT2D eigenvalue weighted by molar-refractivity contribution is -0.122. The summed E-state index contributed by atoms with van der Waals surface area (Å²) in [5.74, 6) is 0.710. The summed E-state index contributed by atoms with van der Waals surface area (Å²) in [5, 5.41) is 15.0. The minimum Gasteiger partial charge on any atom is -0.355 e. The molecule has 1 N–H and O–H groups in total. The molecular weight excluding hydrogens is 350 g/mol. The predicted molar refractivity (Wildman–Crippen MR) is 107 cm³/mol. The van der Waals surface area contributed by atoms with E-state index in [1.807, 2.05) is 12.1 Å². The molecule has 3 aromatic rings. The van der Waals surface area contributed by atoms with E-state index in [0.29, 0.717) is 12.4 Å². The van der Waals surface area contributed by atoms with Gasteiger partial charge in [-0.1, -0.05) is 67.1 Å². The zero-order valence-corrected chi connectivity index (χ0v) is 15.9. The van der Waals surface area contributed by atoms with Crippen molar-refractivity contribution in [1.29, 1.82) is 0 Å². The molecule has 1 aliphatic rings. The number of carbonyl (C=O) groups is 1. The smallest absolute Gasteiger partial charge is 0.230 e. The van der Waals surface area contributed by atoms with Crippen LogP contribution in [0, 0.1) is 0 Å².